The predicted molar refractivity (Wildman–Crippen MR) is 113 cm³/mol. The largest absolute Gasteiger partial charge is 0.366 e. The zero-order chi connectivity index (χ0) is 19.8. The molecule has 0 spiro atoms. The Morgan fingerprint density at radius 1 is 1.00 bits per heavy atom. The second kappa shape index (κ2) is 6.85. The third kappa shape index (κ3) is 3.11. The van der Waals surface area contributed by atoms with Crippen molar-refractivity contribution in [3.05, 3.63) is 77.4 Å². The molecule has 0 aliphatic rings. The van der Waals surface area contributed by atoms with Gasteiger partial charge in [0.1, 0.15) is 0 Å². The van der Waals surface area contributed by atoms with Crippen molar-refractivity contribution in [3.8, 4) is 0 Å². The number of hydrogen-bond acceptors (Lipinski definition) is 2. The molecular weight excluding hydrogens is 350 g/mol. The van der Waals surface area contributed by atoms with Gasteiger partial charge in [-0.3, -0.25) is 9.59 Å². The molecular formula is C23H21N3O2. The molecule has 1 heterocycles. The molecule has 0 fully saturated rings. The highest BCUT2D eigenvalue weighted by Gasteiger charge is 2.16. The van der Waals surface area contributed by atoms with E-state index in [9.17, 15) is 9.59 Å². The van der Waals surface area contributed by atoms with Crippen LogP contribution in [-0.4, -0.2) is 16.4 Å². The third-order valence-corrected chi connectivity index (χ3v) is 4.90. The van der Waals surface area contributed by atoms with Gasteiger partial charge in [-0.05, 0) is 48.4 Å². The van der Waals surface area contributed by atoms with Crippen LogP contribution in [0.2, 0.25) is 0 Å². The Morgan fingerprint density at radius 2 is 1.79 bits per heavy atom. The maximum Gasteiger partial charge on any atom is 0.249 e. The number of hydrogen-bond donors (Lipinski definition) is 2. The van der Waals surface area contributed by atoms with Crippen molar-refractivity contribution in [1.82, 2.24) is 4.57 Å². The van der Waals surface area contributed by atoms with E-state index < -0.39 is 5.91 Å². The quantitative estimate of drug-likeness (QED) is 0.564. The summed E-state index contributed by atoms with van der Waals surface area (Å²) in [5, 5.41) is 4.71. The molecule has 0 aliphatic heterocycles. The molecule has 140 valence electrons. The fourth-order valence-electron chi connectivity index (χ4n) is 3.76. The van der Waals surface area contributed by atoms with Crippen molar-refractivity contribution >= 4 is 39.3 Å². The monoisotopic (exact) mass is 371 g/mol. The van der Waals surface area contributed by atoms with Crippen LogP contribution < -0.4 is 11.1 Å². The summed E-state index contributed by atoms with van der Waals surface area (Å²) in [6.45, 7) is 4.15. The lowest BCUT2D eigenvalue weighted by Crippen LogP contribution is -2.11. The van der Waals surface area contributed by atoms with E-state index >= 15 is 0 Å². The zero-order valence-electron chi connectivity index (χ0n) is 15.8. The SMILES string of the molecule is CC(=O)Nc1cccc(Cn2c3cc(C)ccc3c3c(C(N)=O)cccc32)c1. The van der Waals surface area contributed by atoms with Crippen LogP contribution in [0.4, 0.5) is 5.69 Å². The van der Waals surface area contributed by atoms with E-state index in [-0.39, 0.29) is 5.91 Å². The van der Waals surface area contributed by atoms with Gasteiger partial charge in [0.15, 0.2) is 0 Å². The van der Waals surface area contributed by atoms with Gasteiger partial charge in [-0.25, -0.2) is 0 Å². The van der Waals surface area contributed by atoms with Gasteiger partial charge in [-0.1, -0.05) is 30.3 Å². The van der Waals surface area contributed by atoms with E-state index in [1.54, 1.807) is 6.07 Å². The smallest absolute Gasteiger partial charge is 0.249 e. The van der Waals surface area contributed by atoms with Crippen LogP contribution in [0.3, 0.4) is 0 Å². The maximum atomic E-state index is 12.0. The van der Waals surface area contributed by atoms with Crippen LogP contribution in [0.1, 0.15) is 28.4 Å². The van der Waals surface area contributed by atoms with Gasteiger partial charge in [-0.15, -0.1) is 0 Å². The molecule has 5 nitrogen and oxygen atoms in total. The van der Waals surface area contributed by atoms with Crippen LogP contribution in [0.15, 0.2) is 60.7 Å². The minimum atomic E-state index is -0.433. The van der Waals surface area contributed by atoms with Gasteiger partial charge in [0.25, 0.3) is 0 Å². The first-order chi connectivity index (χ1) is 13.4. The first-order valence-corrected chi connectivity index (χ1v) is 9.12. The first kappa shape index (κ1) is 17.8. The molecule has 4 aromatic rings. The highest BCUT2D eigenvalue weighted by Crippen LogP contribution is 2.33. The maximum absolute atomic E-state index is 12.0. The van der Waals surface area contributed by atoms with E-state index in [2.05, 4.69) is 16.0 Å². The van der Waals surface area contributed by atoms with Crippen LogP contribution in [0, 0.1) is 6.92 Å². The van der Waals surface area contributed by atoms with Crippen LogP contribution in [0.5, 0.6) is 0 Å². The number of nitrogens with zero attached hydrogens (tertiary/aromatic N) is 1. The summed E-state index contributed by atoms with van der Waals surface area (Å²) in [6.07, 6.45) is 0. The van der Waals surface area contributed by atoms with Crippen LogP contribution >= 0.6 is 0 Å². The second-order valence-electron chi connectivity index (χ2n) is 7.05. The molecule has 3 N–H and O–H groups in total. The molecule has 0 aliphatic carbocycles. The molecule has 4 rings (SSSR count). The van der Waals surface area contributed by atoms with Gasteiger partial charge in [0, 0.05) is 41.0 Å². The predicted octanol–water partition coefficient (Wildman–Crippen LogP) is 4.21. The first-order valence-electron chi connectivity index (χ1n) is 9.12. The van der Waals surface area contributed by atoms with Crippen molar-refractivity contribution in [2.45, 2.75) is 20.4 Å². The number of carbonyl (C=O) groups is 2. The fourth-order valence-corrected chi connectivity index (χ4v) is 3.76. The van der Waals surface area contributed by atoms with E-state index in [0.29, 0.717) is 12.1 Å². The number of nitrogens with two attached hydrogens (primary N) is 1. The highest BCUT2D eigenvalue weighted by molar-refractivity contribution is 6.18. The van der Waals surface area contributed by atoms with Crippen molar-refractivity contribution in [1.29, 1.82) is 0 Å². The lowest BCUT2D eigenvalue weighted by atomic mass is 10.1. The lowest BCUT2D eigenvalue weighted by Gasteiger charge is -2.10. The van der Waals surface area contributed by atoms with E-state index in [0.717, 1.165) is 38.6 Å². The van der Waals surface area contributed by atoms with E-state index in [4.69, 9.17) is 5.73 Å². The van der Waals surface area contributed by atoms with E-state index in [1.807, 2.05) is 55.5 Å². The number of aryl methyl sites for hydroxylation is 1. The summed E-state index contributed by atoms with van der Waals surface area (Å²) in [5.74, 6) is -0.534. The number of carbonyl (C=O) groups excluding carboxylic acids is 2. The Kier molecular flexibility index (Phi) is 4.35. The normalized spacial score (nSPS) is 11.1. The Morgan fingerprint density at radius 3 is 2.54 bits per heavy atom. The minimum absolute atomic E-state index is 0.101. The van der Waals surface area contributed by atoms with Crippen molar-refractivity contribution < 1.29 is 9.59 Å². The topological polar surface area (TPSA) is 77.1 Å². The van der Waals surface area contributed by atoms with Crippen molar-refractivity contribution in [2.24, 2.45) is 5.73 Å². The van der Waals surface area contributed by atoms with Crippen LogP contribution in [0.25, 0.3) is 21.8 Å². The number of nitrogens with one attached hydrogen (secondary N) is 1. The summed E-state index contributed by atoms with van der Waals surface area (Å²) >= 11 is 0. The number of fused-ring (bicyclic) bond motifs is 3. The number of amides is 2. The number of benzene rings is 3. The molecule has 0 saturated heterocycles. The van der Waals surface area contributed by atoms with Gasteiger partial charge < -0.3 is 15.6 Å². The van der Waals surface area contributed by atoms with Crippen molar-refractivity contribution in [3.63, 3.8) is 0 Å². The lowest BCUT2D eigenvalue weighted by molar-refractivity contribution is -0.114. The molecule has 0 atom stereocenters. The number of anilines is 1. The van der Waals surface area contributed by atoms with E-state index in [1.165, 1.54) is 6.92 Å². The molecule has 0 unspecified atom stereocenters. The summed E-state index contributed by atoms with van der Waals surface area (Å²) in [7, 11) is 0. The van der Waals surface area contributed by atoms with Gasteiger partial charge in [0.05, 0.1) is 5.52 Å². The molecule has 1 aromatic heterocycles. The minimum Gasteiger partial charge on any atom is -0.366 e. The number of rotatable bonds is 4. The molecule has 28 heavy (non-hydrogen) atoms. The standard InChI is InChI=1S/C23H21N3O2/c1-14-9-10-18-21(11-14)26(20-8-4-7-19(22(18)20)23(24)28)13-16-5-3-6-17(12-16)25-15(2)27/h3-12H,13H2,1-2H3,(H2,24,28)(H,25,27). The molecule has 0 bridgehead atoms. The number of aromatic nitrogens is 1. The summed E-state index contributed by atoms with van der Waals surface area (Å²) in [4.78, 5) is 23.4. The third-order valence-electron chi connectivity index (χ3n) is 4.90. The van der Waals surface area contributed by atoms with Crippen LogP contribution in [-0.2, 0) is 11.3 Å². The molecule has 5 heteroatoms. The molecule has 3 aromatic carbocycles. The average Bonchev–Trinajstić information content (AvgIpc) is 2.94. The highest BCUT2D eigenvalue weighted by atomic mass is 16.1. The van der Waals surface area contributed by atoms with Gasteiger partial charge in [-0.2, -0.15) is 0 Å². The van der Waals surface area contributed by atoms with Gasteiger partial charge >= 0.3 is 0 Å². The summed E-state index contributed by atoms with van der Waals surface area (Å²) in [6, 6.07) is 19.6. The average molecular weight is 371 g/mol. The Labute approximate surface area is 162 Å². The number of primary amides is 1. The molecule has 0 radical (unpaired) electrons. The zero-order valence-corrected chi connectivity index (χ0v) is 15.8. The molecule has 2 amide bonds. The Hall–Kier alpha value is -3.60. The fraction of sp³-hybridized carbons (Fsp3) is 0.130. The van der Waals surface area contributed by atoms with Crippen molar-refractivity contribution in [2.75, 3.05) is 5.32 Å². The second-order valence-corrected chi connectivity index (χ2v) is 7.05. The Bertz CT molecular complexity index is 1240. The summed E-state index contributed by atoms with van der Waals surface area (Å²) in [5.41, 5.74) is 11.1. The molecule has 0 saturated carbocycles. The summed E-state index contributed by atoms with van der Waals surface area (Å²) < 4.78 is 2.19. The van der Waals surface area contributed by atoms with Gasteiger partial charge in [0.2, 0.25) is 11.8 Å². The Balaban J connectivity index is 1.93.